The van der Waals surface area contributed by atoms with Gasteiger partial charge in [-0.2, -0.15) is 0 Å². The van der Waals surface area contributed by atoms with E-state index in [4.69, 9.17) is 0 Å². The first-order chi connectivity index (χ1) is 7.15. The van der Waals surface area contributed by atoms with Gasteiger partial charge < -0.3 is 5.32 Å². The molecule has 0 aromatic heterocycles. The summed E-state index contributed by atoms with van der Waals surface area (Å²) in [4.78, 5) is 0. The number of benzene rings is 1. The van der Waals surface area contributed by atoms with Gasteiger partial charge in [-0.15, -0.1) is 0 Å². The second-order valence-electron chi connectivity index (χ2n) is 4.61. The Bertz CT molecular complexity index is 340. The molecule has 0 aliphatic heterocycles. The second-order valence-corrected chi connectivity index (χ2v) is 5.53. The van der Waals surface area contributed by atoms with E-state index < -0.39 is 0 Å². The third kappa shape index (κ3) is 1.85. The van der Waals surface area contributed by atoms with E-state index in [9.17, 15) is 0 Å². The van der Waals surface area contributed by atoms with Crippen LogP contribution < -0.4 is 5.32 Å². The van der Waals surface area contributed by atoms with E-state index in [1.54, 1.807) is 0 Å². The summed E-state index contributed by atoms with van der Waals surface area (Å²) < 4.78 is 1.19. The van der Waals surface area contributed by atoms with Gasteiger partial charge in [0, 0.05) is 10.5 Å². The quantitative estimate of drug-likeness (QED) is 0.866. The summed E-state index contributed by atoms with van der Waals surface area (Å²) in [5, 5.41) is 3.40. The van der Waals surface area contributed by atoms with Crippen molar-refractivity contribution in [3.63, 3.8) is 0 Å². The van der Waals surface area contributed by atoms with E-state index in [1.807, 2.05) is 0 Å². The van der Waals surface area contributed by atoms with Crippen LogP contribution in [-0.4, -0.2) is 13.1 Å². The molecule has 2 heteroatoms. The molecule has 0 amide bonds. The molecule has 0 radical (unpaired) electrons. The van der Waals surface area contributed by atoms with E-state index in [-0.39, 0.29) is 0 Å². The van der Waals surface area contributed by atoms with Crippen LogP contribution in [0, 0.1) is 11.8 Å². The molecule has 2 rings (SSSR count). The standard InChI is InChI=1S/C13H18BrN/c1-8-12(9(2)13(8)15-3)10-5-4-6-11(14)7-10/h4-9,12-13,15H,1-3H3. The molecular formula is C13H18BrN. The maximum Gasteiger partial charge on any atom is 0.0178 e. The molecule has 1 aliphatic carbocycles. The van der Waals surface area contributed by atoms with Crippen molar-refractivity contribution in [1.82, 2.24) is 5.32 Å². The summed E-state index contributed by atoms with van der Waals surface area (Å²) in [6, 6.07) is 9.39. The van der Waals surface area contributed by atoms with Crippen LogP contribution >= 0.6 is 15.9 Å². The van der Waals surface area contributed by atoms with Crippen LogP contribution in [0.25, 0.3) is 0 Å². The van der Waals surface area contributed by atoms with Crippen LogP contribution in [0.1, 0.15) is 25.3 Å². The molecule has 0 bridgehead atoms. The van der Waals surface area contributed by atoms with Crippen molar-refractivity contribution in [1.29, 1.82) is 0 Å². The molecule has 0 spiro atoms. The van der Waals surface area contributed by atoms with Crippen LogP contribution in [0.2, 0.25) is 0 Å². The monoisotopic (exact) mass is 267 g/mol. The summed E-state index contributed by atoms with van der Waals surface area (Å²) in [6.45, 7) is 4.68. The lowest BCUT2D eigenvalue weighted by Gasteiger charge is -2.49. The lowest BCUT2D eigenvalue weighted by Crippen LogP contribution is -2.53. The highest BCUT2D eigenvalue weighted by atomic mass is 79.9. The van der Waals surface area contributed by atoms with Gasteiger partial charge in [0.25, 0.3) is 0 Å². The number of hydrogen-bond acceptors (Lipinski definition) is 1. The molecule has 0 heterocycles. The molecule has 0 saturated heterocycles. The molecule has 1 aliphatic rings. The van der Waals surface area contributed by atoms with Crippen molar-refractivity contribution >= 4 is 15.9 Å². The maximum absolute atomic E-state index is 3.54. The Morgan fingerprint density at radius 3 is 2.40 bits per heavy atom. The van der Waals surface area contributed by atoms with Gasteiger partial charge in [-0.1, -0.05) is 41.9 Å². The Labute approximate surface area is 100 Å². The summed E-state index contributed by atoms with van der Waals surface area (Å²) in [5.41, 5.74) is 1.47. The van der Waals surface area contributed by atoms with E-state index in [1.165, 1.54) is 10.0 Å². The summed E-state index contributed by atoms with van der Waals surface area (Å²) in [5.74, 6) is 2.18. The predicted molar refractivity (Wildman–Crippen MR) is 68.1 cm³/mol. The average molecular weight is 268 g/mol. The van der Waals surface area contributed by atoms with E-state index in [0.29, 0.717) is 12.0 Å². The fourth-order valence-electron chi connectivity index (χ4n) is 3.11. The van der Waals surface area contributed by atoms with Crippen molar-refractivity contribution in [2.24, 2.45) is 11.8 Å². The highest BCUT2D eigenvalue weighted by molar-refractivity contribution is 9.10. The van der Waals surface area contributed by atoms with Gasteiger partial charge in [0.2, 0.25) is 0 Å². The number of hydrogen-bond donors (Lipinski definition) is 1. The Morgan fingerprint density at radius 1 is 1.20 bits per heavy atom. The molecular weight excluding hydrogens is 250 g/mol. The van der Waals surface area contributed by atoms with Crippen molar-refractivity contribution in [2.75, 3.05) is 7.05 Å². The lowest BCUT2D eigenvalue weighted by molar-refractivity contribution is 0.103. The zero-order chi connectivity index (χ0) is 11.0. The molecule has 82 valence electrons. The van der Waals surface area contributed by atoms with Crippen molar-refractivity contribution in [2.45, 2.75) is 25.8 Å². The topological polar surface area (TPSA) is 12.0 Å². The van der Waals surface area contributed by atoms with Crippen LogP contribution in [0.15, 0.2) is 28.7 Å². The molecule has 1 aromatic carbocycles. The van der Waals surface area contributed by atoms with Crippen molar-refractivity contribution < 1.29 is 0 Å². The van der Waals surface area contributed by atoms with Crippen molar-refractivity contribution in [3.8, 4) is 0 Å². The minimum atomic E-state index is 0.675. The van der Waals surface area contributed by atoms with Gasteiger partial charge in [0.15, 0.2) is 0 Å². The van der Waals surface area contributed by atoms with E-state index in [2.05, 4.69) is 66.4 Å². The molecule has 2 unspecified atom stereocenters. The van der Waals surface area contributed by atoms with Crippen LogP contribution in [0.3, 0.4) is 0 Å². The number of rotatable bonds is 2. The highest BCUT2D eigenvalue weighted by Gasteiger charge is 2.44. The minimum absolute atomic E-state index is 0.675. The van der Waals surface area contributed by atoms with Gasteiger partial charge in [-0.3, -0.25) is 0 Å². The molecule has 1 saturated carbocycles. The van der Waals surface area contributed by atoms with Gasteiger partial charge in [-0.25, -0.2) is 0 Å². The molecule has 15 heavy (non-hydrogen) atoms. The molecule has 1 nitrogen and oxygen atoms in total. The average Bonchev–Trinajstić information content (AvgIpc) is 2.18. The predicted octanol–water partition coefficient (Wildman–Crippen LogP) is 3.41. The number of nitrogens with one attached hydrogen (secondary N) is 1. The summed E-state index contributed by atoms with van der Waals surface area (Å²) >= 11 is 3.54. The van der Waals surface area contributed by atoms with Gasteiger partial charge in [0.1, 0.15) is 0 Å². The largest absolute Gasteiger partial charge is 0.316 e. The van der Waals surface area contributed by atoms with Gasteiger partial charge in [0.05, 0.1) is 0 Å². The van der Waals surface area contributed by atoms with E-state index >= 15 is 0 Å². The summed E-state index contributed by atoms with van der Waals surface area (Å²) in [7, 11) is 2.06. The molecule has 1 aromatic rings. The molecule has 1 fully saturated rings. The van der Waals surface area contributed by atoms with Gasteiger partial charge >= 0.3 is 0 Å². The van der Waals surface area contributed by atoms with Gasteiger partial charge in [-0.05, 0) is 42.5 Å². The fourth-order valence-corrected chi connectivity index (χ4v) is 3.52. The second kappa shape index (κ2) is 4.26. The SMILES string of the molecule is CNC1C(C)C(c2cccc(Br)c2)C1C. The normalized spacial score (nSPS) is 34.9. The first kappa shape index (κ1) is 11.2. The number of halogens is 1. The smallest absolute Gasteiger partial charge is 0.0178 e. The molecule has 2 atom stereocenters. The first-order valence-electron chi connectivity index (χ1n) is 5.58. The highest BCUT2D eigenvalue weighted by Crippen LogP contribution is 2.47. The zero-order valence-corrected chi connectivity index (χ0v) is 11.1. The van der Waals surface area contributed by atoms with E-state index in [0.717, 1.165) is 11.8 Å². The third-order valence-corrected chi connectivity index (χ3v) is 4.33. The fraction of sp³-hybridized carbons (Fsp3) is 0.538. The third-order valence-electron chi connectivity index (χ3n) is 3.83. The lowest BCUT2D eigenvalue weighted by atomic mass is 9.60. The minimum Gasteiger partial charge on any atom is -0.316 e. The summed E-state index contributed by atoms with van der Waals surface area (Å²) in [6.07, 6.45) is 0. The Hall–Kier alpha value is -0.340. The van der Waals surface area contributed by atoms with Crippen LogP contribution in [0.5, 0.6) is 0 Å². The van der Waals surface area contributed by atoms with Crippen LogP contribution in [0.4, 0.5) is 0 Å². The van der Waals surface area contributed by atoms with Crippen LogP contribution in [-0.2, 0) is 0 Å². The molecule has 1 N–H and O–H groups in total. The Kier molecular flexibility index (Phi) is 3.17. The zero-order valence-electron chi connectivity index (χ0n) is 9.50. The Balaban J connectivity index is 2.20. The maximum atomic E-state index is 3.54. The Morgan fingerprint density at radius 2 is 1.87 bits per heavy atom. The first-order valence-corrected chi connectivity index (χ1v) is 6.37. The van der Waals surface area contributed by atoms with Crippen molar-refractivity contribution in [3.05, 3.63) is 34.3 Å².